The van der Waals surface area contributed by atoms with Gasteiger partial charge in [-0.05, 0) is 41.3 Å². The Morgan fingerprint density at radius 2 is 1.86 bits per heavy atom. The molecule has 0 saturated heterocycles. The van der Waals surface area contributed by atoms with Crippen molar-refractivity contribution in [3.8, 4) is 11.5 Å². The van der Waals surface area contributed by atoms with Gasteiger partial charge in [-0.2, -0.15) is 0 Å². The van der Waals surface area contributed by atoms with Crippen molar-refractivity contribution in [2.45, 2.75) is 13.1 Å². The molecule has 144 valence electrons. The molecule has 1 aromatic heterocycles. The fourth-order valence-corrected chi connectivity index (χ4v) is 3.58. The highest BCUT2D eigenvalue weighted by Crippen LogP contribution is 2.22. The van der Waals surface area contributed by atoms with Crippen LogP contribution in [-0.4, -0.2) is 25.0 Å². The van der Waals surface area contributed by atoms with Crippen molar-refractivity contribution in [2.75, 3.05) is 14.2 Å². The number of carbonyl (C=O) groups excluding carboxylic acids is 1. The van der Waals surface area contributed by atoms with Gasteiger partial charge in [0.2, 0.25) is 5.91 Å². The summed E-state index contributed by atoms with van der Waals surface area (Å²) in [5.74, 6) is 1.49. The topological polar surface area (TPSA) is 38.8 Å². The molecule has 3 aromatic rings. The smallest absolute Gasteiger partial charge is 0.247 e. The van der Waals surface area contributed by atoms with E-state index in [1.165, 1.54) is 0 Å². The van der Waals surface area contributed by atoms with Gasteiger partial charge >= 0.3 is 0 Å². The number of nitrogens with zero attached hydrogens (tertiary/aromatic N) is 1. The molecule has 4 nitrogen and oxygen atoms in total. The van der Waals surface area contributed by atoms with Crippen LogP contribution in [0.5, 0.6) is 11.5 Å². The lowest BCUT2D eigenvalue weighted by molar-refractivity contribution is -0.127. The van der Waals surface area contributed by atoms with Crippen molar-refractivity contribution in [1.29, 1.82) is 0 Å². The summed E-state index contributed by atoms with van der Waals surface area (Å²) in [5, 5.41) is 2.02. The van der Waals surface area contributed by atoms with E-state index in [1.807, 2.05) is 77.0 Å². The van der Waals surface area contributed by atoms with Crippen LogP contribution in [0.4, 0.5) is 0 Å². The Balaban J connectivity index is 1.81. The first-order valence-corrected chi connectivity index (χ1v) is 9.83. The molecule has 0 saturated carbocycles. The number of thiophene rings is 1. The summed E-state index contributed by atoms with van der Waals surface area (Å²) in [6.07, 6.45) is 3.42. The molecule has 0 atom stereocenters. The summed E-state index contributed by atoms with van der Waals surface area (Å²) < 4.78 is 10.7. The fraction of sp³-hybridized carbons (Fsp3) is 0.174. The SMILES string of the molecule is COc1cccc(/C=C/C(=O)N(Cc2cccs2)Cc2ccccc2OC)c1. The summed E-state index contributed by atoms with van der Waals surface area (Å²) in [4.78, 5) is 15.9. The highest BCUT2D eigenvalue weighted by atomic mass is 32.1. The molecule has 0 aliphatic heterocycles. The molecule has 0 unspecified atom stereocenters. The van der Waals surface area contributed by atoms with Gasteiger partial charge in [0.15, 0.2) is 0 Å². The van der Waals surface area contributed by atoms with Gasteiger partial charge in [0.1, 0.15) is 11.5 Å². The van der Waals surface area contributed by atoms with Crippen molar-refractivity contribution in [1.82, 2.24) is 4.90 Å². The first-order chi connectivity index (χ1) is 13.7. The van der Waals surface area contributed by atoms with E-state index in [0.29, 0.717) is 13.1 Å². The van der Waals surface area contributed by atoms with Crippen LogP contribution in [0.1, 0.15) is 16.0 Å². The molecule has 1 heterocycles. The second-order valence-corrected chi connectivity index (χ2v) is 7.23. The maximum Gasteiger partial charge on any atom is 0.247 e. The van der Waals surface area contributed by atoms with E-state index >= 15 is 0 Å². The van der Waals surface area contributed by atoms with Crippen molar-refractivity contribution >= 4 is 23.3 Å². The van der Waals surface area contributed by atoms with Crippen molar-refractivity contribution in [3.63, 3.8) is 0 Å². The van der Waals surface area contributed by atoms with E-state index in [1.54, 1.807) is 31.6 Å². The molecule has 0 aliphatic carbocycles. The minimum Gasteiger partial charge on any atom is -0.497 e. The number of amides is 1. The highest BCUT2D eigenvalue weighted by molar-refractivity contribution is 7.09. The third kappa shape index (κ3) is 5.24. The van der Waals surface area contributed by atoms with Gasteiger partial charge in [0.05, 0.1) is 20.8 Å². The van der Waals surface area contributed by atoms with Crippen LogP contribution in [0.15, 0.2) is 72.1 Å². The third-order valence-corrected chi connectivity index (χ3v) is 5.17. The van der Waals surface area contributed by atoms with Gasteiger partial charge < -0.3 is 14.4 Å². The molecule has 2 aromatic carbocycles. The molecule has 0 fully saturated rings. The average Bonchev–Trinajstić information content (AvgIpc) is 3.25. The van der Waals surface area contributed by atoms with Crippen molar-refractivity contribution < 1.29 is 14.3 Å². The molecule has 0 aliphatic rings. The van der Waals surface area contributed by atoms with Crippen molar-refractivity contribution in [3.05, 3.63) is 88.1 Å². The number of benzene rings is 2. The summed E-state index contributed by atoms with van der Waals surface area (Å²) in [6, 6.07) is 19.4. The van der Waals surface area contributed by atoms with Gasteiger partial charge in [-0.3, -0.25) is 4.79 Å². The summed E-state index contributed by atoms with van der Waals surface area (Å²) >= 11 is 1.64. The number of hydrogen-bond acceptors (Lipinski definition) is 4. The first kappa shape index (κ1) is 19.7. The second-order valence-electron chi connectivity index (χ2n) is 6.20. The van der Waals surface area contributed by atoms with E-state index in [0.717, 1.165) is 27.5 Å². The molecule has 1 amide bonds. The Hall–Kier alpha value is -3.05. The molecule has 3 rings (SSSR count). The van der Waals surface area contributed by atoms with E-state index in [2.05, 4.69) is 0 Å². The van der Waals surface area contributed by atoms with Crippen LogP contribution in [0, 0.1) is 0 Å². The van der Waals surface area contributed by atoms with Gasteiger partial charge in [-0.25, -0.2) is 0 Å². The molecule has 0 radical (unpaired) electrons. The maximum atomic E-state index is 13.0. The number of para-hydroxylation sites is 1. The second kappa shape index (κ2) is 9.76. The predicted molar refractivity (Wildman–Crippen MR) is 114 cm³/mol. The van der Waals surface area contributed by atoms with Crippen LogP contribution >= 0.6 is 11.3 Å². The Kier molecular flexibility index (Phi) is 6.87. The molecule has 0 N–H and O–H groups in total. The number of ether oxygens (including phenoxy) is 2. The fourth-order valence-electron chi connectivity index (χ4n) is 2.86. The van der Waals surface area contributed by atoms with Crippen LogP contribution in [-0.2, 0) is 17.9 Å². The predicted octanol–water partition coefficient (Wildman–Crippen LogP) is 5.01. The Labute approximate surface area is 169 Å². The number of rotatable bonds is 8. The largest absolute Gasteiger partial charge is 0.497 e. The third-order valence-electron chi connectivity index (χ3n) is 4.30. The van der Waals surface area contributed by atoms with Crippen molar-refractivity contribution in [2.24, 2.45) is 0 Å². The Morgan fingerprint density at radius 1 is 1.00 bits per heavy atom. The minimum atomic E-state index is -0.0536. The molecule has 28 heavy (non-hydrogen) atoms. The molecule has 5 heteroatoms. The molecule has 0 bridgehead atoms. The summed E-state index contributed by atoms with van der Waals surface area (Å²) in [5.41, 5.74) is 1.89. The molecule has 0 spiro atoms. The quantitative estimate of drug-likeness (QED) is 0.505. The number of hydrogen-bond donors (Lipinski definition) is 0. The zero-order valence-electron chi connectivity index (χ0n) is 16.0. The van der Waals surface area contributed by atoms with E-state index in [9.17, 15) is 4.79 Å². The number of methoxy groups -OCH3 is 2. The monoisotopic (exact) mass is 393 g/mol. The zero-order valence-corrected chi connectivity index (χ0v) is 16.8. The van der Waals surface area contributed by atoms with Crippen LogP contribution in [0.2, 0.25) is 0 Å². The maximum absolute atomic E-state index is 13.0. The van der Waals surface area contributed by atoms with Crippen LogP contribution in [0.3, 0.4) is 0 Å². The minimum absolute atomic E-state index is 0.0536. The van der Waals surface area contributed by atoms with Gasteiger partial charge in [-0.15, -0.1) is 11.3 Å². The molecular weight excluding hydrogens is 370 g/mol. The normalized spacial score (nSPS) is 10.8. The van der Waals surface area contributed by atoms with E-state index in [-0.39, 0.29) is 5.91 Å². The Morgan fingerprint density at radius 3 is 2.61 bits per heavy atom. The van der Waals surface area contributed by atoms with Crippen LogP contribution < -0.4 is 9.47 Å². The van der Waals surface area contributed by atoms with Gasteiger partial charge in [0.25, 0.3) is 0 Å². The van der Waals surface area contributed by atoms with Gasteiger partial charge in [0, 0.05) is 23.1 Å². The van der Waals surface area contributed by atoms with Crippen LogP contribution in [0.25, 0.3) is 6.08 Å². The van der Waals surface area contributed by atoms with E-state index < -0.39 is 0 Å². The summed E-state index contributed by atoms with van der Waals surface area (Å²) in [6.45, 7) is 1.03. The lowest BCUT2D eigenvalue weighted by Gasteiger charge is -2.22. The highest BCUT2D eigenvalue weighted by Gasteiger charge is 2.15. The zero-order chi connectivity index (χ0) is 19.8. The summed E-state index contributed by atoms with van der Waals surface area (Å²) in [7, 11) is 3.27. The number of carbonyl (C=O) groups is 1. The van der Waals surface area contributed by atoms with Gasteiger partial charge in [-0.1, -0.05) is 36.4 Å². The average molecular weight is 394 g/mol. The lowest BCUT2D eigenvalue weighted by atomic mass is 10.1. The standard InChI is InChI=1S/C23H23NO3S/c1-26-20-9-5-7-18(15-20)12-13-23(25)24(17-21-10-6-14-28-21)16-19-8-3-4-11-22(19)27-2/h3-15H,16-17H2,1-2H3/b13-12+. The van der Waals surface area contributed by atoms with E-state index in [4.69, 9.17) is 9.47 Å². The lowest BCUT2D eigenvalue weighted by Crippen LogP contribution is -2.28. The Bertz CT molecular complexity index is 935. The molecular formula is C23H23NO3S. The first-order valence-electron chi connectivity index (χ1n) is 8.95.